The number of aliphatic hydroxyl groups excluding tert-OH is 1. The van der Waals surface area contributed by atoms with Gasteiger partial charge >= 0.3 is 0 Å². The van der Waals surface area contributed by atoms with E-state index in [0.29, 0.717) is 5.69 Å². The average Bonchev–Trinajstić information content (AvgIpc) is 2.96. The van der Waals surface area contributed by atoms with Crippen LogP contribution >= 0.6 is 0 Å². The zero-order chi connectivity index (χ0) is 18.1. The van der Waals surface area contributed by atoms with Gasteiger partial charge < -0.3 is 15.7 Å². The van der Waals surface area contributed by atoms with Crippen molar-refractivity contribution in [2.45, 2.75) is 12.1 Å². The number of hydrogen-bond acceptors (Lipinski definition) is 3. The highest BCUT2D eigenvalue weighted by Crippen LogP contribution is 2.30. The Balaban J connectivity index is 1.54. The molecule has 0 bridgehead atoms. The molecule has 0 spiro atoms. The zero-order valence-corrected chi connectivity index (χ0v) is 13.9. The molecule has 5 nitrogen and oxygen atoms in total. The standard InChI is InChI=1S/C21H18N2O3/c24-19-17(21(26)23-18(19)14-7-2-1-3-8-14)20(25)22-16-11-10-13-6-4-5-9-15(13)12-16/h1-12,17-19,24H,(H,22,25)(H,23,26). The molecule has 4 rings (SSSR count). The van der Waals surface area contributed by atoms with Crippen LogP contribution in [0.3, 0.4) is 0 Å². The summed E-state index contributed by atoms with van der Waals surface area (Å²) in [6, 6.07) is 21.9. The molecule has 0 aromatic heterocycles. The maximum absolute atomic E-state index is 12.6. The van der Waals surface area contributed by atoms with Crippen molar-refractivity contribution in [3.8, 4) is 0 Å². The first-order valence-electron chi connectivity index (χ1n) is 8.46. The molecule has 2 amide bonds. The first-order chi connectivity index (χ1) is 12.6. The monoisotopic (exact) mass is 346 g/mol. The first kappa shape index (κ1) is 16.3. The fourth-order valence-corrected chi connectivity index (χ4v) is 3.38. The third-order valence-corrected chi connectivity index (χ3v) is 4.72. The minimum absolute atomic E-state index is 0.468. The molecule has 0 aliphatic carbocycles. The number of anilines is 1. The van der Waals surface area contributed by atoms with E-state index in [-0.39, 0.29) is 0 Å². The molecule has 3 unspecified atom stereocenters. The van der Waals surface area contributed by atoms with E-state index in [4.69, 9.17) is 0 Å². The number of aliphatic hydroxyl groups is 1. The highest BCUT2D eigenvalue weighted by atomic mass is 16.3. The largest absolute Gasteiger partial charge is 0.389 e. The van der Waals surface area contributed by atoms with E-state index in [1.54, 1.807) is 6.07 Å². The van der Waals surface area contributed by atoms with Gasteiger partial charge in [-0.2, -0.15) is 0 Å². The predicted molar refractivity (Wildman–Crippen MR) is 99.4 cm³/mol. The van der Waals surface area contributed by atoms with Crippen LogP contribution < -0.4 is 10.6 Å². The molecule has 130 valence electrons. The summed E-state index contributed by atoms with van der Waals surface area (Å²) < 4.78 is 0. The highest BCUT2D eigenvalue weighted by Gasteiger charge is 2.46. The summed E-state index contributed by atoms with van der Waals surface area (Å²) in [5, 5.41) is 18.1. The SMILES string of the molecule is O=C(Nc1ccc2ccccc2c1)C1C(=O)NC(c2ccccc2)C1O. The summed E-state index contributed by atoms with van der Waals surface area (Å²) in [6.07, 6.45) is -1.12. The van der Waals surface area contributed by atoms with Crippen molar-refractivity contribution >= 4 is 28.3 Å². The topological polar surface area (TPSA) is 78.4 Å². The van der Waals surface area contributed by atoms with Crippen molar-refractivity contribution in [1.82, 2.24) is 5.32 Å². The lowest BCUT2D eigenvalue weighted by Gasteiger charge is -2.17. The van der Waals surface area contributed by atoms with Crippen molar-refractivity contribution in [2.24, 2.45) is 5.92 Å². The lowest BCUT2D eigenvalue weighted by Crippen LogP contribution is -2.35. The molecule has 1 fully saturated rings. The molecule has 3 aromatic rings. The molecular weight excluding hydrogens is 328 g/mol. The van der Waals surface area contributed by atoms with Gasteiger partial charge in [-0.05, 0) is 28.5 Å². The van der Waals surface area contributed by atoms with E-state index in [2.05, 4.69) is 10.6 Å². The zero-order valence-electron chi connectivity index (χ0n) is 13.9. The van der Waals surface area contributed by atoms with Crippen molar-refractivity contribution < 1.29 is 14.7 Å². The van der Waals surface area contributed by atoms with Crippen LogP contribution in [0.2, 0.25) is 0 Å². The van der Waals surface area contributed by atoms with Gasteiger partial charge in [-0.3, -0.25) is 9.59 Å². The second-order valence-electron chi connectivity index (χ2n) is 6.42. The van der Waals surface area contributed by atoms with Crippen LogP contribution in [-0.2, 0) is 9.59 Å². The van der Waals surface area contributed by atoms with Gasteiger partial charge in [-0.15, -0.1) is 0 Å². The Hall–Kier alpha value is -3.18. The molecule has 3 N–H and O–H groups in total. The van der Waals surface area contributed by atoms with Crippen LogP contribution in [0.4, 0.5) is 5.69 Å². The summed E-state index contributed by atoms with van der Waals surface area (Å²) in [5.41, 5.74) is 1.37. The molecule has 3 aromatic carbocycles. The maximum Gasteiger partial charge on any atom is 0.239 e. The second-order valence-corrected chi connectivity index (χ2v) is 6.42. The maximum atomic E-state index is 12.6. The molecule has 26 heavy (non-hydrogen) atoms. The predicted octanol–water partition coefficient (Wildman–Crippen LogP) is 2.63. The van der Waals surface area contributed by atoms with Gasteiger partial charge in [0.25, 0.3) is 0 Å². The normalized spacial score (nSPS) is 22.2. The number of carbonyl (C=O) groups excluding carboxylic acids is 2. The van der Waals surface area contributed by atoms with Gasteiger partial charge in [0.1, 0.15) is 5.92 Å². The molecule has 1 heterocycles. The summed E-state index contributed by atoms with van der Waals surface area (Å²) in [5.74, 6) is -2.12. The van der Waals surface area contributed by atoms with Crippen LogP contribution in [-0.4, -0.2) is 23.0 Å². The van der Waals surface area contributed by atoms with E-state index < -0.39 is 29.9 Å². The van der Waals surface area contributed by atoms with Crippen LogP contribution in [0, 0.1) is 5.92 Å². The van der Waals surface area contributed by atoms with E-state index in [0.717, 1.165) is 16.3 Å². The second kappa shape index (κ2) is 6.61. The Morgan fingerprint density at radius 1 is 0.923 bits per heavy atom. The number of fused-ring (bicyclic) bond motifs is 1. The Kier molecular flexibility index (Phi) is 4.14. The molecule has 0 saturated carbocycles. The van der Waals surface area contributed by atoms with Gasteiger partial charge in [0, 0.05) is 5.69 Å². The van der Waals surface area contributed by atoms with Crippen molar-refractivity contribution in [3.63, 3.8) is 0 Å². The summed E-state index contributed by atoms with van der Waals surface area (Å²) >= 11 is 0. The molecule has 0 radical (unpaired) electrons. The van der Waals surface area contributed by atoms with Gasteiger partial charge in [0.15, 0.2) is 0 Å². The number of carbonyl (C=O) groups is 2. The first-order valence-corrected chi connectivity index (χ1v) is 8.46. The number of hydrogen-bond donors (Lipinski definition) is 3. The lowest BCUT2D eigenvalue weighted by molar-refractivity contribution is -0.132. The number of benzene rings is 3. The molecular formula is C21H18N2O3. The lowest BCUT2D eigenvalue weighted by atomic mass is 9.95. The Morgan fingerprint density at radius 2 is 1.62 bits per heavy atom. The Morgan fingerprint density at radius 3 is 2.38 bits per heavy atom. The van der Waals surface area contributed by atoms with Crippen molar-refractivity contribution in [1.29, 1.82) is 0 Å². The van der Waals surface area contributed by atoms with E-state index in [1.807, 2.05) is 66.7 Å². The highest BCUT2D eigenvalue weighted by molar-refractivity contribution is 6.09. The summed E-state index contributed by atoms with van der Waals surface area (Å²) in [4.78, 5) is 24.9. The Bertz CT molecular complexity index is 971. The summed E-state index contributed by atoms with van der Waals surface area (Å²) in [7, 11) is 0. The molecule has 1 aliphatic rings. The van der Waals surface area contributed by atoms with Crippen LogP contribution in [0.25, 0.3) is 10.8 Å². The van der Waals surface area contributed by atoms with Crippen molar-refractivity contribution in [3.05, 3.63) is 78.4 Å². The van der Waals surface area contributed by atoms with E-state index >= 15 is 0 Å². The Labute approximate surface area is 150 Å². The molecule has 3 atom stereocenters. The fourth-order valence-electron chi connectivity index (χ4n) is 3.38. The van der Waals surface area contributed by atoms with Crippen molar-refractivity contribution in [2.75, 3.05) is 5.32 Å². The fraction of sp³-hybridized carbons (Fsp3) is 0.143. The third kappa shape index (κ3) is 2.93. The molecule has 1 saturated heterocycles. The number of nitrogens with one attached hydrogen (secondary N) is 2. The average molecular weight is 346 g/mol. The van der Waals surface area contributed by atoms with Crippen LogP contribution in [0.5, 0.6) is 0 Å². The molecule has 1 aliphatic heterocycles. The van der Waals surface area contributed by atoms with Gasteiger partial charge in [-0.25, -0.2) is 0 Å². The quantitative estimate of drug-likeness (QED) is 0.638. The van der Waals surface area contributed by atoms with Gasteiger partial charge in [0.05, 0.1) is 12.1 Å². The third-order valence-electron chi connectivity index (χ3n) is 4.72. The minimum Gasteiger partial charge on any atom is -0.389 e. The molecule has 5 heteroatoms. The minimum atomic E-state index is -1.15. The van der Waals surface area contributed by atoms with Gasteiger partial charge in [-0.1, -0.05) is 60.7 Å². The van der Waals surface area contributed by atoms with Crippen LogP contribution in [0.15, 0.2) is 72.8 Å². The van der Waals surface area contributed by atoms with Gasteiger partial charge in [0.2, 0.25) is 11.8 Å². The summed E-state index contributed by atoms with van der Waals surface area (Å²) in [6.45, 7) is 0. The number of amides is 2. The van der Waals surface area contributed by atoms with E-state index in [1.165, 1.54) is 0 Å². The van der Waals surface area contributed by atoms with E-state index in [9.17, 15) is 14.7 Å². The number of rotatable bonds is 3. The smallest absolute Gasteiger partial charge is 0.239 e. The van der Waals surface area contributed by atoms with Crippen LogP contribution in [0.1, 0.15) is 11.6 Å².